The van der Waals surface area contributed by atoms with E-state index in [1.165, 1.54) is 0 Å². The number of aryl methyl sites for hydroxylation is 1. The number of aromatic nitrogens is 4. The summed E-state index contributed by atoms with van der Waals surface area (Å²) in [6, 6.07) is 17.4. The number of aromatic amines is 1. The van der Waals surface area contributed by atoms with Crippen LogP contribution >= 0.6 is 0 Å². The van der Waals surface area contributed by atoms with Gasteiger partial charge in [0.15, 0.2) is 0 Å². The van der Waals surface area contributed by atoms with Crippen LogP contribution in [-0.2, 0) is 11.2 Å². The van der Waals surface area contributed by atoms with Gasteiger partial charge < -0.3 is 4.90 Å². The normalized spacial score (nSPS) is 15.3. The molecule has 2 amide bonds. The van der Waals surface area contributed by atoms with Gasteiger partial charge in [-0.3, -0.25) is 24.6 Å². The molecule has 1 aliphatic rings. The summed E-state index contributed by atoms with van der Waals surface area (Å²) in [5.41, 5.74) is 3.97. The van der Waals surface area contributed by atoms with Crippen LogP contribution in [0.25, 0.3) is 16.8 Å². The van der Waals surface area contributed by atoms with Gasteiger partial charge >= 0.3 is 0 Å². The van der Waals surface area contributed by atoms with Crippen molar-refractivity contribution in [3.63, 3.8) is 0 Å². The first kappa shape index (κ1) is 22.6. The van der Waals surface area contributed by atoms with Crippen LogP contribution in [0.3, 0.4) is 0 Å². The van der Waals surface area contributed by atoms with Gasteiger partial charge in [-0.1, -0.05) is 30.3 Å². The highest BCUT2D eigenvalue weighted by Crippen LogP contribution is 2.22. The third-order valence-electron chi connectivity index (χ3n) is 6.44. The summed E-state index contributed by atoms with van der Waals surface area (Å²) in [4.78, 5) is 32.5. The van der Waals surface area contributed by atoms with E-state index in [0.29, 0.717) is 30.4 Å². The molecule has 35 heavy (non-hydrogen) atoms. The van der Waals surface area contributed by atoms with E-state index in [2.05, 4.69) is 27.4 Å². The van der Waals surface area contributed by atoms with Crippen molar-refractivity contribution in [2.75, 3.05) is 11.9 Å². The SMILES string of the molecule is C[C@H]1CCCN1C(=O)CCc1cn(-c2ccccc2)c(NC(=O)c2cccc(-c3cn[nH]c3)c2)n1. The third-order valence-corrected chi connectivity index (χ3v) is 6.44. The van der Waals surface area contributed by atoms with Crippen molar-refractivity contribution < 1.29 is 9.59 Å². The first-order valence-corrected chi connectivity index (χ1v) is 11.9. The fraction of sp³-hybridized carbons (Fsp3) is 0.259. The molecule has 8 heteroatoms. The summed E-state index contributed by atoms with van der Waals surface area (Å²) < 4.78 is 1.86. The maximum absolute atomic E-state index is 13.2. The summed E-state index contributed by atoms with van der Waals surface area (Å²) >= 11 is 0. The second-order valence-corrected chi connectivity index (χ2v) is 8.86. The minimum Gasteiger partial charge on any atom is -0.340 e. The topological polar surface area (TPSA) is 95.9 Å². The predicted molar refractivity (Wildman–Crippen MR) is 134 cm³/mol. The first-order valence-electron chi connectivity index (χ1n) is 11.9. The lowest BCUT2D eigenvalue weighted by Crippen LogP contribution is -2.33. The standard InChI is InChI=1S/C27H28N6O2/c1-19-7-6-14-32(19)25(34)13-12-23-18-33(24-10-3-2-4-11-24)27(30-23)31-26(35)21-9-5-8-20(15-21)22-16-28-29-17-22/h2-5,8-11,15-19H,6-7,12-14H2,1H3,(H,28,29)(H,30,31,35)/t19-/m0/s1. The average Bonchev–Trinajstić information content (AvgIpc) is 3.65. The quantitative estimate of drug-likeness (QED) is 0.419. The Labute approximate surface area is 204 Å². The number of amides is 2. The second-order valence-electron chi connectivity index (χ2n) is 8.86. The lowest BCUT2D eigenvalue weighted by molar-refractivity contribution is -0.131. The van der Waals surface area contributed by atoms with Crippen LogP contribution in [-0.4, -0.2) is 49.0 Å². The summed E-state index contributed by atoms with van der Waals surface area (Å²) in [5.74, 6) is 0.324. The Morgan fingerprint density at radius 1 is 1.11 bits per heavy atom. The number of para-hydroxylation sites is 1. The zero-order valence-corrected chi connectivity index (χ0v) is 19.6. The highest BCUT2D eigenvalue weighted by Gasteiger charge is 2.25. The van der Waals surface area contributed by atoms with Gasteiger partial charge in [-0.15, -0.1) is 0 Å². The van der Waals surface area contributed by atoms with Crippen LogP contribution in [0, 0.1) is 0 Å². The van der Waals surface area contributed by atoms with E-state index in [-0.39, 0.29) is 11.8 Å². The molecular formula is C27H28N6O2. The number of imidazole rings is 1. The molecule has 178 valence electrons. The fourth-order valence-corrected chi connectivity index (χ4v) is 4.53. The number of hydrogen-bond donors (Lipinski definition) is 2. The number of hydrogen-bond acceptors (Lipinski definition) is 4. The van der Waals surface area contributed by atoms with Crippen molar-refractivity contribution in [2.24, 2.45) is 0 Å². The number of carbonyl (C=O) groups is 2. The van der Waals surface area contributed by atoms with Crippen molar-refractivity contribution in [1.29, 1.82) is 0 Å². The van der Waals surface area contributed by atoms with E-state index in [1.54, 1.807) is 18.5 Å². The minimum absolute atomic E-state index is 0.158. The van der Waals surface area contributed by atoms with Gasteiger partial charge in [-0.2, -0.15) is 5.10 Å². The zero-order valence-electron chi connectivity index (χ0n) is 19.6. The van der Waals surface area contributed by atoms with Gasteiger partial charge in [-0.05, 0) is 49.6 Å². The maximum atomic E-state index is 13.2. The summed E-state index contributed by atoms with van der Waals surface area (Å²) in [5, 5.41) is 9.74. The molecule has 1 aliphatic heterocycles. The molecule has 1 saturated heterocycles. The highest BCUT2D eigenvalue weighted by atomic mass is 16.2. The number of H-pyrrole nitrogens is 1. The minimum atomic E-state index is -0.258. The molecule has 2 N–H and O–H groups in total. The number of likely N-dealkylation sites (tertiary alicyclic amines) is 1. The summed E-state index contributed by atoms with van der Waals surface area (Å²) in [6.07, 6.45) is 8.44. The summed E-state index contributed by atoms with van der Waals surface area (Å²) in [7, 11) is 0. The van der Waals surface area contributed by atoms with Crippen LogP contribution < -0.4 is 5.32 Å². The fourth-order valence-electron chi connectivity index (χ4n) is 4.53. The Balaban J connectivity index is 1.36. The smallest absolute Gasteiger partial charge is 0.258 e. The highest BCUT2D eigenvalue weighted by molar-refractivity contribution is 6.04. The van der Waals surface area contributed by atoms with Crippen LogP contribution in [0.4, 0.5) is 5.95 Å². The van der Waals surface area contributed by atoms with Gasteiger partial charge in [-0.25, -0.2) is 4.98 Å². The maximum Gasteiger partial charge on any atom is 0.258 e. The molecule has 4 aromatic rings. The lowest BCUT2D eigenvalue weighted by atomic mass is 10.1. The van der Waals surface area contributed by atoms with Crippen molar-refractivity contribution in [3.8, 4) is 16.8 Å². The third kappa shape index (κ3) is 5.01. The number of carbonyl (C=O) groups excluding carboxylic acids is 2. The largest absolute Gasteiger partial charge is 0.340 e. The lowest BCUT2D eigenvalue weighted by Gasteiger charge is -2.21. The molecule has 1 fully saturated rings. The number of anilines is 1. The Kier molecular flexibility index (Phi) is 6.43. The van der Waals surface area contributed by atoms with Crippen molar-refractivity contribution in [1.82, 2.24) is 24.6 Å². The van der Waals surface area contributed by atoms with Gasteiger partial charge in [0, 0.05) is 54.6 Å². The van der Waals surface area contributed by atoms with E-state index in [0.717, 1.165) is 41.9 Å². The van der Waals surface area contributed by atoms with Gasteiger partial charge in [0.2, 0.25) is 11.9 Å². The monoisotopic (exact) mass is 468 g/mol. The van der Waals surface area contributed by atoms with Crippen molar-refractivity contribution in [3.05, 3.63) is 84.4 Å². The van der Waals surface area contributed by atoms with E-state index in [1.807, 2.05) is 64.2 Å². The van der Waals surface area contributed by atoms with Crippen LogP contribution in [0.15, 0.2) is 73.2 Å². The molecule has 8 nitrogen and oxygen atoms in total. The van der Waals surface area contributed by atoms with Gasteiger partial charge in [0.25, 0.3) is 5.91 Å². The van der Waals surface area contributed by atoms with E-state index < -0.39 is 0 Å². The zero-order chi connectivity index (χ0) is 24.2. The molecule has 5 rings (SSSR count). The van der Waals surface area contributed by atoms with E-state index in [9.17, 15) is 9.59 Å². The molecule has 1 atom stereocenters. The number of nitrogens with one attached hydrogen (secondary N) is 2. The summed E-state index contributed by atoms with van der Waals surface area (Å²) in [6.45, 7) is 2.93. The molecule has 2 aromatic carbocycles. The van der Waals surface area contributed by atoms with Crippen molar-refractivity contribution >= 4 is 17.8 Å². The molecule has 0 unspecified atom stereocenters. The van der Waals surface area contributed by atoms with E-state index >= 15 is 0 Å². The molecule has 0 saturated carbocycles. The second kappa shape index (κ2) is 9.97. The number of rotatable bonds is 7. The Morgan fingerprint density at radius 2 is 1.97 bits per heavy atom. The van der Waals surface area contributed by atoms with Crippen LogP contribution in [0.2, 0.25) is 0 Å². The van der Waals surface area contributed by atoms with Crippen LogP contribution in [0.1, 0.15) is 42.2 Å². The predicted octanol–water partition coefficient (Wildman–Crippen LogP) is 4.46. The Hall–Kier alpha value is -4.20. The number of nitrogens with zero attached hydrogens (tertiary/aromatic N) is 4. The van der Waals surface area contributed by atoms with Gasteiger partial charge in [0.05, 0.1) is 11.9 Å². The van der Waals surface area contributed by atoms with Crippen LogP contribution in [0.5, 0.6) is 0 Å². The molecular weight excluding hydrogens is 440 g/mol. The van der Waals surface area contributed by atoms with Crippen molar-refractivity contribution in [2.45, 2.75) is 38.6 Å². The molecule has 0 bridgehead atoms. The van der Waals surface area contributed by atoms with Gasteiger partial charge in [0.1, 0.15) is 0 Å². The number of benzene rings is 2. The molecule has 2 aromatic heterocycles. The average molecular weight is 469 g/mol. The molecule has 0 aliphatic carbocycles. The molecule has 0 spiro atoms. The Morgan fingerprint density at radius 3 is 2.71 bits per heavy atom. The first-order chi connectivity index (χ1) is 17.1. The molecule has 0 radical (unpaired) electrons. The van der Waals surface area contributed by atoms with E-state index in [4.69, 9.17) is 0 Å². The Bertz CT molecular complexity index is 1310. The molecule has 3 heterocycles.